The SMILES string of the molecule is CCC/C=C/CC/C=C/CC/C=C/CCCC(O)C(O)C(CO)NC(=O)C(O)CCCCCCCCCCCCCCCCCCCCCCCCC. The van der Waals surface area contributed by atoms with E-state index >= 15 is 0 Å². The first kappa shape index (κ1) is 51.5. The second-order valence-electron chi connectivity index (χ2n) is 15.7. The zero-order valence-corrected chi connectivity index (χ0v) is 35.0. The van der Waals surface area contributed by atoms with E-state index in [4.69, 9.17) is 0 Å². The van der Waals surface area contributed by atoms with E-state index in [0.717, 1.165) is 57.8 Å². The van der Waals surface area contributed by atoms with Gasteiger partial charge in [0.2, 0.25) is 5.91 Å². The van der Waals surface area contributed by atoms with Gasteiger partial charge in [0, 0.05) is 0 Å². The molecule has 0 aromatic rings. The van der Waals surface area contributed by atoms with E-state index < -0.39 is 36.9 Å². The van der Waals surface area contributed by atoms with E-state index in [1.165, 1.54) is 135 Å². The maximum atomic E-state index is 12.5. The minimum Gasteiger partial charge on any atom is -0.394 e. The molecular formula is C47H89NO5. The number of aliphatic hydroxyl groups excluding tert-OH is 4. The first-order valence-electron chi connectivity index (χ1n) is 22.9. The molecule has 4 unspecified atom stereocenters. The monoisotopic (exact) mass is 748 g/mol. The molecule has 53 heavy (non-hydrogen) atoms. The van der Waals surface area contributed by atoms with Crippen LogP contribution in [0.2, 0.25) is 0 Å². The maximum absolute atomic E-state index is 12.5. The van der Waals surface area contributed by atoms with Gasteiger partial charge in [-0.3, -0.25) is 4.79 Å². The molecule has 0 radical (unpaired) electrons. The maximum Gasteiger partial charge on any atom is 0.249 e. The highest BCUT2D eigenvalue weighted by Crippen LogP contribution is 2.16. The Balaban J connectivity index is 3.71. The number of allylic oxidation sites excluding steroid dienone is 6. The summed E-state index contributed by atoms with van der Waals surface area (Å²) in [6.07, 6.45) is 49.0. The number of rotatable bonds is 41. The van der Waals surface area contributed by atoms with Crippen LogP contribution in [0.15, 0.2) is 36.5 Å². The number of hydrogen-bond acceptors (Lipinski definition) is 5. The number of aliphatic hydroxyl groups is 4. The number of carbonyl (C=O) groups excluding carboxylic acids is 1. The number of unbranched alkanes of at least 4 members (excludes halogenated alkanes) is 26. The van der Waals surface area contributed by atoms with E-state index in [1.54, 1.807) is 0 Å². The quantitative estimate of drug-likeness (QED) is 0.0316. The molecule has 1 amide bonds. The number of hydrogen-bond donors (Lipinski definition) is 5. The summed E-state index contributed by atoms with van der Waals surface area (Å²) in [6, 6.07) is -1.01. The predicted octanol–water partition coefficient (Wildman–Crippen LogP) is 12.1. The van der Waals surface area contributed by atoms with Crippen LogP contribution in [-0.4, -0.2) is 57.3 Å². The Kier molecular flexibility index (Phi) is 40.5. The van der Waals surface area contributed by atoms with Gasteiger partial charge in [0.05, 0.1) is 18.8 Å². The van der Waals surface area contributed by atoms with Crippen molar-refractivity contribution in [2.75, 3.05) is 6.61 Å². The molecule has 6 heteroatoms. The fourth-order valence-corrected chi connectivity index (χ4v) is 6.91. The van der Waals surface area contributed by atoms with Gasteiger partial charge < -0.3 is 25.7 Å². The van der Waals surface area contributed by atoms with Gasteiger partial charge in [0.1, 0.15) is 12.2 Å². The number of amides is 1. The van der Waals surface area contributed by atoms with Crippen LogP contribution in [0.5, 0.6) is 0 Å². The molecule has 0 saturated heterocycles. The Morgan fingerprint density at radius 1 is 0.453 bits per heavy atom. The highest BCUT2D eigenvalue weighted by molar-refractivity contribution is 5.80. The van der Waals surface area contributed by atoms with E-state index in [1.807, 2.05) is 0 Å². The summed E-state index contributed by atoms with van der Waals surface area (Å²) in [7, 11) is 0. The topological polar surface area (TPSA) is 110 Å². The van der Waals surface area contributed by atoms with E-state index in [-0.39, 0.29) is 0 Å². The highest BCUT2D eigenvalue weighted by atomic mass is 16.3. The van der Waals surface area contributed by atoms with Crippen LogP contribution in [0.25, 0.3) is 0 Å². The van der Waals surface area contributed by atoms with E-state index in [2.05, 4.69) is 55.6 Å². The Morgan fingerprint density at radius 2 is 0.811 bits per heavy atom. The van der Waals surface area contributed by atoms with Gasteiger partial charge in [0.15, 0.2) is 0 Å². The van der Waals surface area contributed by atoms with Crippen LogP contribution >= 0.6 is 0 Å². The van der Waals surface area contributed by atoms with E-state index in [0.29, 0.717) is 19.3 Å². The van der Waals surface area contributed by atoms with Crippen molar-refractivity contribution in [2.45, 2.75) is 250 Å². The van der Waals surface area contributed by atoms with Crippen molar-refractivity contribution in [3.63, 3.8) is 0 Å². The fraction of sp³-hybridized carbons (Fsp3) is 0.851. The lowest BCUT2D eigenvalue weighted by molar-refractivity contribution is -0.132. The first-order valence-corrected chi connectivity index (χ1v) is 22.9. The van der Waals surface area contributed by atoms with Gasteiger partial charge in [-0.1, -0.05) is 204 Å². The van der Waals surface area contributed by atoms with Crippen molar-refractivity contribution >= 4 is 5.91 Å². The van der Waals surface area contributed by atoms with Crippen LogP contribution in [0.1, 0.15) is 226 Å². The van der Waals surface area contributed by atoms with Crippen molar-refractivity contribution in [2.24, 2.45) is 0 Å². The van der Waals surface area contributed by atoms with Crippen molar-refractivity contribution < 1.29 is 25.2 Å². The van der Waals surface area contributed by atoms with Crippen molar-refractivity contribution in [1.29, 1.82) is 0 Å². The highest BCUT2D eigenvalue weighted by Gasteiger charge is 2.28. The molecule has 0 heterocycles. The molecule has 0 rings (SSSR count). The van der Waals surface area contributed by atoms with Gasteiger partial charge in [-0.05, 0) is 57.8 Å². The van der Waals surface area contributed by atoms with Crippen molar-refractivity contribution in [3.05, 3.63) is 36.5 Å². The Labute approximate surface area is 328 Å². The lowest BCUT2D eigenvalue weighted by atomic mass is 10.00. The molecule has 0 bridgehead atoms. The fourth-order valence-electron chi connectivity index (χ4n) is 6.91. The molecule has 6 nitrogen and oxygen atoms in total. The molecule has 0 saturated carbocycles. The zero-order chi connectivity index (χ0) is 38.9. The summed E-state index contributed by atoms with van der Waals surface area (Å²) in [5, 5.41) is 43.6. The molecule has 0 spiro atoms. The van der Waals surface area contributed by atoms with Gasteiger partial charge in [-0.25, -0.2) is 0 Å². The third-order valence-electron chi connectivity index (χ3n) is 10.5. The largest absolute Gasteiger partial charge is 0.394 e. The molecule has 4 atom stereocenters. The van der Waals surface area contributed by atoms with Crippen molar-refractivity contribution in [1.82, 2.24) is 5.32 Å². The standard InChI is InChI=1S/C47H89NO5/c1-3-5-7-9-11-13-15-17-19-20-21-22-23-24-25-26-27-29-31-33-35-37-39-41-45(51)47(53)48-43(42-49)46(52)44(50)40-38-36-34-32-30-28-18-16-14-12-10-8-6-4-2/h8,10,16,18,32,34,43-46,49-52H,3-7,9,11-15,17,19-31,33,35-42H2,1-2H3,(H,48,53)/b10-8+,18-16+,34-32+. The van der Waals surface area contributed by atoms with Crippen LogP contribution in [0.3, 0.4) is 0 Å². The molecule has 0 aromatic heterocycles. The smallest absolute Gasteiger partial charge is 0.249 e. The van der Waals surface area contributed by atoms with Crippen LogP contribution in [0.4, 0.5) is 0 Å². The van der Waals surface area contributed by atoms with Crippen molar-refractivity contribution in [3.8, 4) is 0 Å². The summed E-state index contributed by atoms with van der Waals surface area (Å²) in [5.41, 5.74) is 0. The second-order valence-corrected chi connectivity index (χ2v) is 15.7. The molecule has 0 aliphatic carbocycles. The van der Waals surface area contributed by atoms with E-state index in [9.17, 15) is 25.2 Å². The normalized spacial score (nSPS) is 14.5. The second kappa shape index (κ2) is 41.7. The predicted molar refractivity (Wildman–Crippen MR) is 228 cm³/mol. The molecule has 0 aromatic carbocycles. The summed E-state index contributed by atoms with van der Waals surface area (Å²) >= 11 is 0. The third-order valence-corrected chi connectivity index (χ3v) is 10.5. The molecule has 5 N–H and O–H groups in total. The summed E-state index contributed by atoms with van der Waals surface area (Å²) in [5.74, 6) is -0.598. The minimum absolute atomic E-state index is 0.361. The van der Waals surface area contributed by atoms with Crippen LogP contribution in [-0.2, 0) is 4.79 Å². The zero-order valence-electron chi connectivity index (χ0n) is 35.0. The Bertz CT molecular complexity index is 843. The summed E-state index contributed by atoms with van der Waals surface area (Å²) < 4.78 is 0. The first-order chi connectivity index (χ1) is 26.0. The van der Waals surface area contributed by atoms with Crippen LogP contribution in [0, 0.1) is 0 Å². The van der Waals surface area contributed by atoms with Gasteiger partial charge in [-0.2, -0.15) is 0 Å². The van der Waals surface area contributed by atoms with Gasteiger partial charge in [0.25, 0.3) is 0 Å². The molecule has 312 valence electrons. The lowest BCUT2D eigenvalue weighted by Gasteiger charge is -2.27. The van der Waals surface area contributed by atoms with Crippen LogP contribution < -0.4 is 5.32 Å². The average molecular weight is 748 g/mol. The molecular weight excluding hydrogens is 659 g/mol. The molecule has 0 fully saturated rings. The number of nitrogens with one attached hydrogen (secondary N) is 1. The lowest BCUT2D eigenvalue weighted by Crippen LogP contribution is -2.53. The minimum atomic E-state index is -1.29. The summed E-state index contributed by atoms with van der Waals surface area (Å²) in [6.45, 7) is 3.97. The number of carbonyl (C=O) groups is 1. The third kappa shape index (κ3) is 36.0. The van der Waals surface area contributed by atoms with Gasteiger partial charge in [-0.15, -0.1) is 0 Å². The molecule has 0 aliphatic heterocycles. The van der Waals surface area contributed by atoms with Gasteiger partial charge >= 0.3 is 0 Å². The summed E-state index contributed by atoms with van der Waals surface area (Å²) in [4.78, 5) is 12.5. The Hall–Kier alpha value is -1.47. The Morgan fingerprint density at radius 3 is 1.19 bits per heavy atom. The molecule has 0 aliphatic rings. The average Bonchev–Trinajstić information content (AvgIpc) is 3.16.